The smallest absolute Gasteiger partial charge is 0.120 e. The summed E-state index contributed by atoms with van der Waals surface area (Å²) in [6.45, 7) is 3.90. The molecule has 0 aliphatic carbocycles. The van der Waals surface area contributed by atoms with Gasteiger partial charge in [-0.3, -0.25) is 4.68 Å². The van der Waals surface area contributed by atoms with Crippen molar-refractivity contribution in [1.29, 1.82) is 0 Å². The number of hydrogen-bond acceptors (Lipinski definition) is 4. The number of aromatic nitrogens is 4. The van der Waals surface area contributed by atoms with Crippen molar-refractivity contribution in [1.82, 2.24) is 19.7 Å². The number of nitrogens with two attached hydrogens (primary N) is 1. The van der Waals surface area contributed by atoms with E-state index >= 15 is 0 Å². The van der Waals surface area contributed by atoms with E-state index in [1.165, 1.54) is 0 Å². The molecule has 0 amide bonds. The summed E-state index contributed by atoms with van der Waals surface area (Å²) >= 11 is 0. The third kappa shape index (κ3) is 2.65. The van der Waals surface area contributed by atoms with Crippen LogP contribution in [0.15, 0.2) is 73.8 Å². The second-order valence-electron chi connectivity index (χ2n) is 5.79. The van der Waals surface area contributed by atoms with Crippen LogP contribution in [0, 0.1) is 0 Å². The lowest BCUT2D eigenvalue weighted by molar-refractivity contribution is 0.599. The van der Waals surface area contributed by atoms with Crippen molar-refractivity contribution in [2.75, 3.05) is 5.73 Å². The highest BCUT2D eigenvalue weighted by Gasteiger charge is 2.22. The lowest BCUT2D eigenvalue weighted by atomic mass is 10.00. The fourth-order valence-corrected chi connectivity index (χ4v) is 3.06. The van der Waals surface area contributed by atoms with E-state index in [1.807, 2.05) is 47.3 Å². The summed E-state index contributed by atoms with van der Waals surface area (Å²) in [6.07, 6.45) is 6.93. The van der Waals surface area contributed by atoms with Crippen LogP contribution in [-0.2, 0) is 0 Å². The molecule has 0 radical (unpaired) electrons. The Kier molecular flexibility index (Phi) is 3.74. The predicted molar refractivity (Wildman–Crippen MR) is 100.0 cm³/mol. The van der Waals surface area contributed by atoms with Gasteiger partial charge in [-0.25, -0.2) is 9.97 Å². The fourth-order valence-electron chi connectivity index (χ4n) is 3.06. The van der Waals surface area contributed by atoms with Gasteiger partial charge < -0.3 is 5.73 Å². The molecule has 0 spiro atoms. The summed E-state index contributed by atoms with van der Waals surface area (Å²) < 4.78 is 1.97. The number of nitrogens with zero attached hydrogens (tertiary/aromatic N) is 4. The molecular formula is C20H17N5. The third-order valence-corrected chi connectivity index (χ3v) is 4.23. The minimum atomic E-state index is -0.182. The molecule has 122 valence electrons. The molecule has 2 aromatic carbocycles. The second kappa shape index (κ2) is 6.20. The summed E-state index contributed by atoms with van der Waals surface area (Å²) in [6, 6.07) is 15.8. The zero-order chi connectivity index (χ0) is 17.2. The Hall–Kier alpha value is -3.47. The number of hydrogen-bond donors (Lipinski definition) is 1. The number of nitrogen functional groups attached to an aromatic ring is 1. The summed E-state index contributed by atoms with van der Waals surface area (Å²) in [5, 5.41) is 5.63. The van der Waals surface area contributed by atoms with Gasteiger partial charge in [-0.15, -0.1) is 0 Å². The van der Waals surface area contributed by atoms with Crippen LogP contribution in [0.2, 0.25) is 0 Å². The van der Waals surface area contributed by atoms with E-state index in [9.17, 15) is 0 Å². The van der Waals surface area contributed by atoms with Crippen molar-refractivity contribution in [3.8, 4) is 0 Å². The van der Waals surface area contributed by atoms with Gasteiger partial charge in [-0.05, 0) is 23.8 Å². The molecule has 1 atom stereocenters. The van der Waals surface area contributed by atoms with Gasteiger partial charge in [0.2, 0.25) is 0 Å². The first kappa shape index (κ1) is 15.1. The zero-order valence-corrected chi connectivity index (χ0v) is 13.6. The largest absolute Gasteiger partial charge is 0.399 e. The normalized spacial score (nSPS) is 12.2. The van der Waals surface area contributed by atoms with Crippen molar-refractivity contribution in [3.63, 3.8) is 0 Å². The Morgan fingerprint density at radius 1 is 1.08 bits per heavy atom. The Morgan fingerprint density at radius 3 is 2.72 bits per heavy atom. The first-order chi connectivity index (χ1) is 12.3. The zero-order valence-electron chi connectivity index (χ0n) is 13.6. The molecule has 2 aromatic heterocycles. The maximum Gasteiger partial charge on any atom is 0.120 e. The predicted octanol–water partition coefficient (Wildman–Crippen LogP) is 3.69. The lowest BCUT2D eigenvalue weighted by Crippen LogP contribution is -2.16. The lowest BCUT2D eigenvalue weighted by Gasteiger charge is -2.20. The highest BCUT2D eigenvalue weighted by atomic mass is 15.3. The minimum Gasteiger partial charge on any atom is -0.399 e. The van der Waals surface area contributed by atoms with Crippen LogP contribution in [-0.4, -0.2) is 19.7 Å². The van der Waals surface area contributed by atoms with E-state index in [0.717, 1.165) is 33.4 Å². The number of rotatable bonds is 4. The average Bonchev–Trinajstić information content (AvgIpc) is 3.06. The maximum atomic E-state index is 5.91. The summed E-state index contributed by atoms with van der Waals surface area (Å²) in [4.78, 5) is 8.66. The molecule has 0 saturated heterocycles. The Labute approximate surface area is 145 Å². The van der Waals surface area contributed by atoms with Crippen LogP contribution in [0.5, 0.6) is 0 Å². The van der Waals surface area contributed by atoms with Crippen molar-refractivity contribution in [2.24, 2.45) is 0 Å². The monoisotopic (exact) mass is 327 g/mol. The summed E-state index contributed by atoms with van der Waals surface area (Å²) in [5.74, 6) is 0. The van der Waals surface area contributed by atoms with Gasteiger partial charge in [0.25, 0.3) is 0 Å². The van der Waals surface area contributed by atoms with Gasteiger partial charge >= 0.3 is 0 Å². The molecule has 0 saturated carbocycles. The number of benzene rings is 2. The molecule has 0 aliphatic rings. The highest BCUT2D eigenvalue weighted by Crippen LogP contribution is 2.31. The van der Waals surface area contributed by atoms with Crippen molar-refractivity contribution < 1.29 is 0 Å². The fraction of sp³-hybridized carbons (Fsp3) is 0.0500. The molecule has 4 aromatic rings. The summed E-state index contributed by atoms with van der Waals surface area (Å²) in [7, 11) is 0. The quantitative estimate of drug-likeness (QED) is 0.580. The van der Waals surface area contributed by atoms with Crippen LogP contribution >= 0.6 is 0 Å². The van der Waals surface area contributed by atoms with Gasteiger partial charge in [0, 0.05) is 22.8 Å². The van der Waals surface area contributed by atoms with Gasteiger partial charge in [-0.1, -0.05) is 43.0 Å². The van der Waals surface area contributed by atoms with Crippen molar-refractivity contribution >= 4 is 22.7 Å². The van der Waals surface area contributed by atoms with Crippen molar-refractivity contribution in [2.45, 2.75) is 6.04 Å². The van der Waals surface area contributed by atoms with Gasteiger partial charge in [0.05, 0.1) is 17.4 Å². The highest BCUT2D eigenvalue weighted by molar-refractivity contribution is 5.82. The first-order valence-corrected chi connectivity index (χ1v) is 7.98. The molecule has 0 aliphatic heterocycles. The maximum absolute atomic E-state index is 5.91. The molecule has 0 bridgehead atoms. The van der Waals surface area contributed by atoms with Crippen molar-refractivity contribution in [3.05, 3.63) is 90.7 Å². The Bertz CT molecular complexity index is 1040. The Morgan fingerprint density at radius 2 is 1.92 bits per heavy atom. The van der Waals surface area contributed by atoms with Crippen LogP contribution in [0.3, 0.4) is 0 Å². The number of anilines is 1. The van der Waals surface area contributed by atoms with E-state index in [2.05, 4.69) is 33.8 Å². The molecule has 4 rings (SSSR count). The topological polar surface area (TPSA) is 69.6 Å². The molecule has 5 nitrogen and oxygen atoms in total. The second-order valence-corrected chi connectivity index (χ2v) is 5.79. The van der Waals surface area contributed by atoms with Gasteiger partial charge in [0.15, 0.2) is 0 Å². The van der Waals surface area contributed by atoms with E-state index in [1.54, 1.807) is 18.6 Å². The van der Waals surface area contributed by atoms with Gasteiger partial charge in [-0.2, -0.15) is 5.10 Å². The van der Waals surface area contributed by atoms with E-state index in [0.29, 0.717) is 0 Å². The van der Waals surface area contributed by atoms with Crippen LogP contribution in [0.1, 0.15) is 22.9 Å². The SMILES string of the molecule is C=Cc1cncnc1C(c1ccccc1)n1ncc2cc(N)ccc21. The third-order valence-electron chi connectivity index (χ3n) is 4.23. The van der Waals surface area contributed by atoms with Crippen LogP contribution in [0.25, 0.3) is 17.0 Å². The van der Waals surface area contributed by atoms with Gasteiger partial charge in [0.1, 0.15) is 12.4 Å². The molecule has 5 heteroatoms. The van der Waals surface area contributed by atoms with Crippen LogP contribution in [0.4, 0.5) is 5.69 Å². The molecule has 1 unspecified atom stereocenters. The number of fused-ring (bicyclic) bond motifs is 1. The van der Waals surface area contributed by atoms with E-state index < -0.39 is 0 Å². The molecule has 0 fully saturated rings. The standard InChI is InChI=1S/C20H17N5/c1-2-14-11-22-13-23-19(14)20(15-6-4-3-5-7-15)25-18-9-8-17(21)10-16(18)12-24-25/h2-13,20H,1,21H2. The van der Waals surface area contributed by atoms with E-state index in [4.69, 9.17) is 5.73 Å². The molecule has 2 N–H and O–H groups in total. The average molecular weight is 327 g/mol. The Balaban J connectivity index is 1.99. The molecule has 25 heavy (non-hydrogen) atoms. The molecule has 2 heterocycles. The minimum absolute atomic E-state index is 0.182. The van der Waals surface area contributed by atoms with Crippen LogP contribution < -0.4 is 5.73 Å². The van der Waals surface area contributed by atoms with E-state index in [-0.39, 0.29) is 6.04 Å². The first-order valence-electron chi connectivity index (χ1n) is 7.98. The summed E-state index contributed by atoms with van der Waals surface area (Å²) in [5.41, 5.74) is 10.5. The molecular weight excluding hydrogens is 310 g/mol.